The summed E-state index contributed by atoms with van der Waals surface area (Å²) in [5, 5.41) is 2.91. The van der Waals surface area contributed by atoms with Crippen LogP contribution in [-0.2, 0) is 0 Å². The fourth-order valence-corrected chi connectivity index (χ4v) is 3.18. The molecule has 1 aliphatic heterocycles. The van der Waals surface area contributed by atoms with Gasteiger partial charge in [-0.15, -0.1) is 0 Å². The molecule has 5 nitrogen and oxygen atoms in total. The molecule has 1 heterocycles. The molecule has 1 saturated heterocycles. The van der Waals surface area contributed by atoms with Crippen molar-refractivity contribution in [2.75, 3.05) is 44.2 Å². The molecule has 0 aliphatic carbocycles. The van der Waals surface area contributed by atoms with Gasteiger partial charge in [0.15, 0.2) is 0 Å². The van der Waals surface area contributed by atoms with Gasteiger partial charge in [-0.3, -0.25) is 4.79 Å². The molecule has 0 aromatic heterocycles. The van der Waals surface area contributed by atoms with E-state index in [9.17, 15) is 9.18 Å². The second-order valence-electron chi connectivity index (χ2n) is 6.64. The minimum absolute atomic E-state index is 0.0580. The SMILES string of the molecule is CCCCC(CN)NC(=O)c1ccc(N2CCN(CC)CC2)c(F)c1. The van der Waals surface area contributed by atoms with Crippen molar-refractivity contribution in [1.29, 1.82) is 0 Å². The molecule has 1 fully saturated rings. The van der Waals surface area contributed by atoms with Crippen molar-refractivity contribution in [3.63, 3.8) is 0 Å². The maximum Gasteiger partial charge on any atom is 0.251 e. The molecule has 0 spiro atoms. The van der Waals surface area contributed by atoms with Gasteiger partial charge in [-0.1, -0.05) is 26.7 Å². The van der Waals surface area contributed by atoms with Crippen LogP contribution in [0.15, 0.2) is 18.2 Å². The second-order valence-corrected chi connectivity index (χ2v) is 6.64. The third-order valence-electron chi connectivity index (χ3n) is 4.90. The number of nitrogens with one attached hydrogen (secondary N) is 1. The van der Waals surface area contributed by atoms with Crippen molar-refractivity contribution >= 4 is 11.6 Å². The first kappa shape index (κ1) is 19.7. The lowest BCUT2D eigenvalue weighted by Crippen LogP contribution is -2.46. The number of carbonyl (C=O) groups is 1. The average molecular weight is 350 g/mol. The minimum atomic E-state index is -0.338. The number of carbonyl (C=O) groups excluding carboxylic acids is 1. The Hall–Kier alpha value is -1.66. The number of amides is 1. The molecule has 1 aromatic carbocycles. The number of rotatable bonds is 8. The van der Waals surface area contributed by atoms with E-state index in [0.717, 1.165) is 52.0 Å². The van der Waals surface area contributed by atoms with Gasteiger partial charge in [-0.25, -0.2) is 4.39 Å². The fraction of sp³-hybridized carbons (Fsp3) is 0.632. The van der Waals surface area contributed by atoms with Crippen molar-refractivity contribution in [2.45, 2.75) is 39.2 Å². The van der Waals surface area contributed by atoms with E-state index in [1.54, 1.807) is 12.1 Å². The second kappa shape index (κ2) is 9.73. The number of halogens is 1. The Labute approximate surface area is 150 Å². The Kier molecular flexibility index (Phi) is 7.65. The molecule has 0 radical (unpaired) electrons. The predicted octanol–water partition coefficient (Wildman–Crippen LogP) is 2.21. The summed E-state index contributed by atoms with van der Waals surface area (Å²) < 4.78 is 14.5. The van der Waals surface area contributed by atoms with Crippen LogP contribution in [0.3, 0.4) is 0 Å². The van der Waals surface area contributed by atoms with Crippen LogP contribution in [0.25, 0.3) is 0 Å². The fourth-order valence-electron chi connectivity index (χ4n) is 3.18. The van der Waals surface area contributed by atoms with E-state index in [2.05, 4.69) is 24.1 Å². The van der Waals surface area contributed by atoms with Crippen LogP contribution >= 0.6 is 0 Å². The molecule has 3 N–H and O–H groups in total. The van der Waals surface area contributed by atoms with Crippen molar-refractivity contribution in [3.05, 3.63) is 29.6 Å². The van der Waals surface area contributed by atoms with E-state index in [1.165, 1.54) is 6.07 Å². The summed E-state index contributed by atoms with van der Waals surface area (Å²) in [5.74, 6) is -0.594. The third kappa shape index (κ3) is 5.41. The predicted molar refractivity (Wildman–Crippen MR) is 101 cm³/mol. The molecule has 1 aliphatic rings. The molecule has 1 atom stereocenters. The lowest BCUT2D eigenvalue weighted by Gasteiger charge is -2.35. The first-order valence-corrected chi connectivity index (χ1v) is 9.36. The summed E-state index contributed by atoms with van der Waals surface area (Å²) >= 11 is 0. The molecule has 25 heavy (non-hydrogen) atoms. The number of likely N-dealkylation sites (N-methyl/N-ethyl adjacent to an activating group) is 1. The molecule has 2 rings (SSSR count). The Bertz CT molecular complexity index is 558. The highest BCUT2D eigenvalue weighted by Gasteiger charge is 2.20. The van der Waals surface area contributed by atoms with Gasteiger partial charge in [0.2, 0.25) is 0 Å². The normalized spacial score (nSPS) is 16.7. The summed E-state index contributed by atoms with van der Waals surface area (Å²) in [7, 11) is 0. The van der Waals surface area contributed by atoms with Crippen molar-refractivity contribution < 1.29 is 9.18 Å². The van der Waals surface area contributed by atoms with E-state index in [4.69, 9.17) is 5.73 Å². The van der Waals surface area contributed by atoms with Crippen LogP contribution in [0.5, 0.6) is 0 Å². The highest BCUT2D eigenvalue weighted by molar-refractivity contribution is 5.94. The summed E-state index contributed by atoms with van der Waals surface area (Å²) in [6, 6.07) is 4.70. The van der Waals surface area contributed by atoms with Crippen LogP contribution in [0.2, 0.25) is 0 Å². The Morgan fingerprint density at radius 3 is 2.56 bits per heavy atom. The number of nitrogens with zero attached hydrogens (tertiary/aromatic N) is 2. The number of nitrogens with two attached hydrogens (primary N) is 1. The maximum absolute atomic E-state index is 14.5. The quantitative estimate of drug-likeness (QED) is 0.755. The van der Waals surface area contributed by atoms with Gasteiger partial charge in [-0.05, 0) is 31.2 Å². The molecular weight excluding hydrogens is 319 g/mol. The Morgan fingerprint density at radius 2 is 2.00 bits per heavy atom. The molecule has 1 aromatic rings. The first-order valence-electron chi connectivity index (χ1n) is 9.36. The van der Waals surface area contributed by atoms with Crippen molar-refractivity contribution in [1.82, 2.24) is 10.2 Å². The van der Waals surface area contributed by atoms with Crippen LogP contribution in [-0.4, -0.2) is 56.1 Å². The minimum Gasteiger partial charge on any atom is -0.367 e. The first-order chi connectivity index (χ1) is 12.1. The summed E-state index contributed by atoms with van der Waals surface area (Å²) in [6.45, 7) is 9.15. The largest absolute Gasteiger partial charge is 0.367 e. The van der Waals surface area contributed by atoms with E-state index in [-0.39, 0.29) is 17.8 Å². The zero-order chi connectivity index (χ0) is 18.2. The van der Waals surface area contributed by atoms with Crippen LogP contribution < -0.4 is 16.0 Å². The van der Waals surface area contributed by atoms with Crippen molar-refractivity contribution in [2.24, 2.45) is 5.73 Å². The number of hydrogen-bond acceptors (Lipinski definition) is 4. The Balaban J connectivity index is 1.99. The summed E-state index contributed by atoms with van der Waals surface area (Å²) in [6.07, 6.45) is 2.92. The highest BCUT2D eigenvalue weighted by atomic mass is 19.1. The Morgan fingerprint density at radius 1 is 1.28 bits per heavy atom. The molecule has 0 saturated carbocycles. The number of unbranched alkanes of at least 4 members (excludes halogenated alkanes) is 1. The molecule has 0 bridgehead atoms. The van der Waals surface area contributed by atoms with Gasteiger partial charge in [0, 0.05) is 44.3 Å². The molecule has 1 unspecified atom stereocenters. The number of benzene rings is 1. The van der Waals surface area contributed by atoms with Gasteiger partial charge in [0.25, 0.3) is 5.91 Å². The third-order valence-corrected chi connectivity index (χ3v) is 4.90. The topological polar surface area (TPSA) is 61.6 Å². The highest BCUT2D eigenvalue weighted by Crippen LogP contribution is 2.22. The van der Waals surface area contributed by atoms with Gasteiger partial charge < -0.3 is 20.9 Å². The van der Waals surface area contributed by atoms with Gasteiger partial charge in [-0.2, -0.15) is 0 Å². The summed E-state index contributed by atoms with van der Waals surface area (Å²) in [5.41, 5.74) is 6.64. The molecule has 1 amide bonds. The van der Waals surface area contributed by atoms with E-state index >= 15 is 0 Å². The molecule has 140 valence electrons. The van der Waals surface area contributed by atoms with Gasteiger partial charge >= 0.3 is 0 Å². The van der Waals surface area contributed by atoms with Crippen LogP contribution in [0.1, 0.15) is 43.5 Å². The number of anilines is 1. The monoisotopic (exact) mass is 350 g/mol. The van der Waals surface area contributed by atoms with E-state index in [1.807, 2.05) is 4.90 Å². The smallest absolute Gasteiger partial charge is 0.251 e. The zero-order valence-electron chi connectivity index (χ0n) is 15.4. The average Bonchev–Trinajstić information content (AvgIpc) is 2.65. The summed E-state index contributed by atoms with van der Waals surface area (Å²) in [4.78, 5) is 16.7. The molecular formula is C19H31FN4O. The van der Waals surface area contributed by atoms with Crippen LogP contribution in [0.4, 0.5) is 10.1 Å². The number of hydrogen-bond donors (Lipinski definition) is 2. The maximum atomic E-state index is 14.5. The van der Waals surface area contributed by atoms with Gasteiger partial charge in [0.1, 0.15) is 5.82 Å². The standard InChI is InChI=1S/C19H31FN4O/c1-3-5-6-16(14-21)22-19(25)15-7-8-18(17(20)13-15)24-11-9-23(4-2)10-12-24/h7-8,13,16H,3-6,9-12,14,21H2,1-2H3,(H,22,25). The van der Waals surface area contributed by atoms with Gasteiger partial charge in [0.05, 0.1) is 5.69 Å². The number of piperazine rings is 1. The van der Waals surface area contributed by atoms with E-state index < -0.39 is 0 Å². The molecule has 6 heteroatoms. The lowest BCUT2D eigenvalue weighted by atomic mass is 10.1. The van der Waals surface area contributed by atoms with Crippen molar-refractivity contribution in [3.8, 4) is 0 Å². The van der Waals surface area contributed by atoms with E-state index in [0.29, 0.717) is 17.8 Å². The lowest BCUT2D eigenvalue weighted by molar-refractivity contribution is 0.0935. The van der Waals surface area contributed by atoms with Crippen LogP contribution in [0, 0.1) is 5.82 Å². The zero-order valence-corrected chi connectivity index (χ0v) is 15.4.